The lowest BCUT2D eigenvalue weighted by Gasteiger charge is -2.34. The van der Waals surface area contributed by atoms with Crippen LogP contribution in [0.5, 0.6) is 5.75 Å². The van der Waals surface area contributed by atoms with Crippen LogP contribution in [0.25, 0.3) is 0 Å². The monoisotopic (exact) mass is 401 g/mol. The van der Waals surface area contributed by atoms with E-state index in [1.807, 2.05) is 57.2 Å². The molecule has 150 valence electrons. The zero-order valence-electron chi connectivity index (χ0n) is 16.7. The summed E-state index contributed by atoms with van der Waals surface area (Å²) < 4.78 is 5.74. The van der Waals surface area contributed by atoms with Crippen molar-refractivity contribution in [1.82, 2.24) is 4.90 Å². The molecule has 1 aliphatic carbocycles. The standard InChI is InChI=1S/C23H28ClNO3/c1-23(2,3)28-22(27)25(15-16-9-5-4-6-10-16)20-12-8-7-11-17-13-21(26)19(24)14-18(17)20/h4-6,9-10,13-14,20,26H,7-8,11-12,15H2,1-3H3. The highest BCUT2D eigenvalue weighted by molar-refractivity contribution is 6.32. The summed E-state index contributed by atoms with van der Waals surface area (Å²) in [5.41, 5.74) is 2.52. The molecule has 0 aliphatic heterocycles. The number of aryl methyl sites for hydroxylation is 1. The zero-order chi connectivity index (χ0) is 20.3. The minimum atomic E-state index is -0.577. The first-order chi connectivity index (χ1) is 13.2. The summed E-state index contributed by atoms with van der Waals surface area (Å²) in [5, 5.41) is 10.4. The number of carbonyl (C=O) groups excluding carboxylic acids is 1. The molecule has 0 bridgehead atoms. The van der Waals surface area contributed by atoms with Crippen molar-refractivity contribution in [2.45, 2.75) is 64.6 Å². The molecule has 0 heterocycles. The molecule has 0 aromatic heterocycles. The first-order valence-corrected chi connectivity index (χ1v) is 10.2. The maximum atomic E-state index is 13.2. The van der Waals surface area contributed by atoms with Gasteiger partial charge in [-0.2, -0.15) is 0 Å². The summed E-state index contributed by atoms with van der Waals surface area (Å²) in [5.74, 6) is 0.0907. The highest BCUT2D eigenvalue weighted by Gasteiger charge is 2.32. The molecule has 0 fully saturated rings. The topological polar surface area (TPSA) is 49.8 Å². The van der Waals surface area contributed by atoms with Gasteiger partial charge in [0.15, 0.2) is 0 Å². The van der Waals surface area contributed by atoms with E-state index in [4.69, 9.17) is 16.3 Å². The average Bonchev–Trinajstić information content (AvgIpc) is 2.82. The fourth-order valence-corrected chi connectivity index (χ4v) is 3.85. The SMILES string of the molecule is CC(C)(C)OC(=O)N(Cc1ccccc1)C1CCCCc2cc(O)c(Cl)cc21. The average molecular weight is 402 g/mol. The van der Waals surface area contributed by atoms with Crippen LogP contribution in [0, 0.1) is 0 Å². The second-order valence-electron chi connectivity index (χ2n) is 8.36. The zero-order valence-corrected chi connectivity index (χ0v) is 17.5. The quantitative estimate of drug-likeness (QED) is 0.618. The third-order valence-corrected chi connectivity index (χ3v) is 5.24. The van der Waals surface area contributed by atoms with Crippen molar-refractivity contribution >= 4 is 17.7 Å². The fourth-order valence-electron chi connectivity index (χ4n) is 3.68. The van der Waals surface area contributed by atoms with Crippen LogP contribution in [0.2, 0.25) is 5.02 Å². The highest BCUT2D eigenvalue weighted by atomic mass is 35.5. The largest absolute Gasteiger partial charge is 0.506 e. The van der Waals surface area contributed by atoms with E-state index in [1.54, 1.807) is 11.0 Å². The number of carbonyl (C=O) groups is 1. The number of fused-ring (bicyclic) bond motifs is 1. The third kappa shape index (κ3) is 4.99. The smallest absolute Gasteiger partial charge is 0.411 e. The molecule has 0 radical (unpaired) electrons. The number of phenolic OH excluding ortho intramolecular Hbond substituents is 1. The summed E-state index contributed by atoms with van der Waals surface area (Å²) >= 11 is 6.23. The lowest BCUT2D eigenvalue weighted by molar-refractivity contribution is 0.0126. The molecular weight excluding hydrogens is 374 g/mol. The molecule has 2 aromatic rings. The summed E-state index contributed by atoms with van der Waals surface area (Å²) in [7, 11) is 0. The molecule has 1 atom stereocenters. The van der Waals surface area contributed by atoms with Crippen molar-refractivity contribution in [1.29, 1.82) is 0 Å². The van der Waals surface area contributed by atoms with E-state index in [0.717, 1.165) is 42.4 Å². The Balaban J connectivity index is 2.01. The van der Waals surface area contributed by atoms with Gasteiger partial charge in [0.2, 0.25) is 0 Å². The molecule has 1 aliphatic rings. The third-order valence-electron chi connectivity index (χ3n) is 4.94. The molecule has 0 saturated heterocycles. The number of hydrogen-bond acceptors (Lipinski definition) is 3. The predicted octanol–water partition coefficient (Wildman–Crippen LogP) is 6.25. The fraction of sp³-hybridized carbons (Fsp3) is 0.435. The maximum absolute atomic E-state index is 13.2. The van der Waals surface area contributed by atoms with Crippen LogP contribution in [-0.2, 0) is 17.7 Å². The van der Waals surface area contributed by atoms with Gasteiger partial charge >= 0.3 is 6.09 Å². The Morgan fingerprint density at radius 1 is 1.21 bits per heavy atom. The Labute approximate surface area is 172 Å². The van der Waals surface area contributed by atoms with Gasteiger partial charge in [-0.3, -0.25) is 4.90 Å². The molecule has 0 spiro atoms. The number of hydrogen-bond donors (Lipinski definition) is 1. The molecule has 1 N–H and O–H groups in total. The summed E-state index contributed by atoms with van der Waals surface area (Å²) in [4.78, 5) is 15.0. The Bertz CT molecular complexity index is 830. The summed E-state index contributed by atoms with van der Waals surface area (Å²) in [6.45, 7) is 6.09. The molecule has 3 rings (SSSR count). The van der Waals surface area contributed by atoms with Gasteiger partial charge in [-0.25, -0.2) is 4.79 Å². The van der Waals surface area contributed by atoms with E-state index >= 15 is 0 Å². The Kier molecular flexibility index (Phi) is 6.19. The Morgan fingerprint density at radius 2 is 1.93 bits per heavy atom. The van der Waals surface area contributed by atoms with Crippen LogP contribution >= 0.6 is 11.6 Å². The molecule has 5 heteroatoms. The first kappa shape index (κ1) is 20.5. The lowest BCUT2D eigenvalue weighted by atomic mass is 9.97. The van der Waals surface area contributed by atoms with Gasteiger partial charge in [-0.05, 0) is 68.9 Å². The van der Waals surface area contributed by atoms with Crippen molar-refractivity contribution in [3.05, 3.63) is 64.2 Å². The number of phenols is 1. The molecular formula is C23H28ClNO3. The minimum Gasteiger partial charge on any atom is -0.506 e. The maximum Gasteiger partial charge on any atom is 0.411 e. The van der Waals surface area contributed by atoms with Crippen LogP contribution in [0.1, 0.15) is 62.8 Å². The van der Waals surface area contributed by atoms with Gasteiger partial charge in [0, 0.05) is 6.54 Å². The van der Waals surface area contributed by atoms with Gasteiger partial charge in [0.1, 0.15) is 11.4 Å². The summed E-state index contributed by atoms with van der Waals surface area (Å²) in [6, 6.07) is 13.3. The number of ether oxygens (including phenoxy) is 1. The van der Waals surface area contributed by atoms with Crippen molar-refractivity contribution < 1.29 is 14.6 Å². The van der Waals surface area contributed by atoms with Crippen molar-refractivity contribution in [2.75, 3.05) is 0 Å². The van der Waals surface area contributed by atoms with Crippen molar-refractivity contribution in [2.24, 2.45) is 0 Å². The van der Waals surface area contributed by atoms with Crippen LogP contribution in [0.15, 0.2) is 42.5 Å². The minimum absolute atomic E-state index is 0.0907. The molecule has 0 saturated carbocycles. The van der Waals surface area contributed by atoms with Crippen molar-refractivity contribution in [3.63, 3.8) is 0 Å². The van der Waals surface area contributed by atoms with Gasteiger partial charge in [0.25, 0.3) is 0 Å². The van der Waals surface area contributed by atoms with Gasteiger partial charge in [-0.15, -0.1) is 0 Å². The first-order valence-electron chi connectivity index (χ1n) is 9.79. The molecule has 28 heavy (non-hydrogen) atoms. The number of benzene rings is 2. The van der Waals surface area contributed by atoms with Crippen LogP contribution < -0.4 is 0 Å². The molecule has 2 aromatic carbocycles. The van der Waals surface area contributed by atoms with Gasteiger partial charge in [-0.1, -0.05) is 48.4 Å². The molecule has 1 amide bonds. The second-order valence-corrected chi connectivity index (χ2v) is 8.77. The highest BCUT2D eigenvalue weighted by Crippen LogP contribution is 2.39. The summed E-state index contributed by atoms with van der Waals surface area (Å²) in [6.07, 6.45) is 3.37. The molecule has 1 unspecified atom stereocenters. The molecule has 4 nitrogen and oxygen atoms in total. The Morgan fingerprint density at radius 3 is 2.61 bits per heavy atom. The van der Waals surface area contributed by atoms with Crippen LogP contribution in [-0.4, -0.2) is 21.7 Å². The normalized spacial score (nSPS) is 16.8. The van der Waals surface area contributed by atoms with E-state index in [2.05, 4.69) is 0 Å². The van der Waals surface area contributed by atoms with Crippen LogP contribution in [0.3, 0.4) is 0 Å². The van der Waals surface area contributed by atoms with E-state index in [1.165, 1.54) is 0 Å². The van der Waals surface area contributed by atoms with E-state index < -0.39 is 5.60 Å². The van der Waals surface area contributed by atoms with E-state index in [-0.39, 0.29) is 17.9 Å². The number of amides is 1. The number of rotatable bonds is 3. The number of nitrogens with zero attached hydrogens (tertiary/aromatic N) is 1. The Hall–Kier alpha value is -2.20. The number of halogens is 1. The van der Waals surface area contributed by atoms with Crippen molar-refractivity contribution in [3.8, 4) is 5.75 Å². The van der Waals surface area contributed by atoms with E-state index in [0.29, 0.717) is 11.6 Å². The lowest BCUT2D eigenvalue weighted by Crippen LogP contribution is -2.39. The van der Waals surface area contributed by atoms with Gasteiger partial charge < -0.3 is 9.84 Å². The number of aromatic hydroxyl groups is 1. The predicted molar refractivity (Wildman–Crippen MR) is 112 cm³/mol. The van der Waals surface area contributed by atoms with Gasteiger partial charge in [0.05, 0.1) is 11.1 Å². The van der Waals surface area contributed by atoms with Crippen LogP contribution in [0.4, 0.5) is 4.79 Å². The van der Waals surface area contributed by atoms with E-state index in [9.17, 15) is 9.90 Å². The second kappa shape index (κ2) is 8.44.